The molecule has 0 atom stereocenters. The van der Waals surface area contributed by atoms with Gasteiger partial charge < -0.3 is 20.2 Å². The lowest BCUT2D eigenvalue weighted by Gasteiger charge is -2.11. The zero-order valence-corrected chi connectivity index (χ0v) is 11.6. The maximum atomic E-state index is 5.40. The fourth-order valence-electron chi connectivity index (χ4n) is 1.66. The third-order valence-electron chi connectivity index (χ3n) is 2.72. The molecule has 0 spiro atoms. The SMILES string of the molecule is COc1cc(Nc2ncc(C)c(NN)n2)cc(OC)c1. The second-order valence-electron chi connectivity index (χ2n) is 4.10. The van der Waals surface area contributed by atoms with Gasteiger partial charge in [-0.25, -0.2) is 10.8 Å². The van der Waals surface area contributed by atoms with Gasteiger partial charge in [-0.15, -0.1) is 0 Å². The summed E-state index contributed by atoms with van der Waals surface area (Å²) in [5.74, 6) is 7.75. The van der Waals surface area contributed by atoms with Crippen LogP contribution in [0.15, 0.2) is 24.4 Å². The van der Waals surface area contributed by atoms with Crippen molar-refractivity contribution in [2.24, 2.45) is 5.84 Å². The number of hydrogen-bond acceptors (Lipinski definition) is 7. The minimum absolute atomic E-state index is 0.429. The summed E-state index contributed by atoms with van der Waals surface area (Å²) in [7, 11) is 3.19. The highest BCUT2D eigenvalue weighted by Gasteiger charge is 2.06. The highest BCUT2D eigenvalue weighted by Crippen LogP contribution is 2.27. The fourth-order valence-corrected chi connectivity index (χ4v) is 1.66. The predicted molar refractivity (Wildman–Crippen MR) is 77.4 cm³/mol. The summed E-state index contributed by atoms with van der Waals surface area (Å²) in [6.45, 7) is 1.87. The maximum absolute atomic E-state index is 5.40. The van der Waals surface area contributed by atoms with Crippen LogP contribution in [0.4, 0.5) is 17.5 Å². The highest BCUT2D eigenvalue weighted by molar-refractivity contribution is 5.60. The summed E-state index contributed by atoms with van der Waals surface area (Å²) in [5, 5.41) is 3.08. The van der Waals surface area contributed by atoms with Crippen LogP contribution in [0.1, 0.15) is 5.56 Å². The normalized spacial score (nSPS) is 10.0. The number of methoxy groups -OCH3 is 2. The Morgan fingerprint density at radius 2 is 1.75 bits per heavy atom. The molecule has 1 heterocycles. The summed E-state index contributed by atoms with van der Waals surface area (Å²) in [6.07, 6.45) is 1.68. The number of aryl methyl sites for hydroxylation is 1. The molecule has 0 unspecified atom stereocenters. The molecule has 0 fully saturated rings. The molecule has 0 aliphatic heterocycles. The second-order valence-corrected chi connectivity index (χ2v) is 4.10. The van der Waals surface area contributed by atoms with Crippen LogP contribution in [-0.2, 0) is 0 Å². The molecule has 0 aliphatic carbocycles. The molecule has 0 aliphatic rings. The molecule has 0 saturated heterocycles. The van der Waals surface area contributed by atoms with Gasteiger partial charge in [0.15, 0.2) is 0 Å². The standard InChI is InChI=1S/C13H17N5O2/c1-8-7-15-13(17-12(8)18-14)16-9-4-10(19-2)6-11(5-9)20-3/h4-7H,14H2,1-3H3,(H2,15,16,17,18). The zero-order chi connectivity index (χ0) is 14.5. The Balaban J connectivity index is 2.29. The van der Waals surface area contributed by atoms with Crippen molar-refractivity contribution < 1.29 is 9.47 Å². The average molecular weight is 275 g/mol. The van der Waals surface area contributed by atoms with E-state index in [1.165, 1.54) is 0 Å². The van der Waals surface area contributed by atoms with Gasteiger partial charge in [-0.3, -0.25) is 0 Å². The molecule has 106 valence electrons. The molecular formula is C13H17N5O2. The van der Waals surface area contributed by atoms with Gasteiger partial charge in [0.25, 0.3) is 0 Å². The number of benzene rings is 1. The van der Waals surface area contributed by atoms with Gasteiger partial charge in [0.2, 0.25) is 5.95 Å². The first-order chi connectivity index (χ1) is 9.66. The van der Waals surface area contributed by atoms with Gasteiger partial charge in [-0.05, 0) is 6.92 Å². The molecule has 1 aromatic heterocycles. The van der Waals surface area contributed by atoms with E-state index < -0.39 is 0 Å². The number of nitrogen functional groups attached to an aromatic ring is 1. The Bertz CT molecular complexity index is 581. The highest BCUT2D eigenvalue weighted by atomic mass is 16.5. The maximum Gasteiger partial charge on any atom is 0.229 e. The van der Waals surface area contributed by atoms with E-state index in [4.69, 9.17) is 15.3 Å². The third kappa shape index (κ3) is 3.07. The van der Waals surface area contributed by atoms with Crippen LogP contribution in [0.2, 0.25) is 0 Å². The molecule has 0 amide bonds. The Morgan fingerprint density at radius 1 is 1.10 bits per heavy atom. The lowest BCUT2D eigenvalue weighted by atomic mass is 10.3. The summed E-state index contributed by atoms with van der Waals surface area (Å²) >= 11 is 0. The van der Waals surface area contributed by atoms with Crippen LogP contribution in [0, 0.1) is 6.92 Å². The topological polar surface area (TPSA) is 94.3 Å². The Morgan fingerprint density at radius 3 is 2.30 bits per heavy atom. The summed E-state index contributed by atoms with van der Waals surface area (Å²) in [6, 6.07) is 5.43. The van der Waals surface area contributed by atoms with Crippen molar-refractivity contribution in [1.82, 2.24) is 9.97 Å². The van der Waals surface area contributed by atoms with Crippen LogP contribution in [0.3, 0.4) is 0 Å². The number of rotatable bonds is 5. The zero-order valence-electron chi connectivity index (χ0n) is 11.6. The number of anilines is 3. The third-order valence-corrected chi connectivity index (χ3v) is 2.72. The van der Waals surface area contributed by atoms with Crippen molar-refractivity contribution in [1.29, 1.82) is 0 Å². The number of nitrogens with two attached hydrogens (primary N) is 1. The number of nitrogens with zero attached hydrogens (tertiary/aromatic N) is 2. The molecule has 7 nitrogen and oxygen atoms in total. The van der Waals surface area contributed by atoms with Crippen molar-refractivity contribution in [2.75, 3.05) is 25.0 Å². The fraction of sp³-hybridized carbons (Fsp3) is 0.231. The second kappa shape index (κ2) is 6.07. The van der Waals surface area contributed by atoms with E-state index in [1.807, 2.05) is 19.1 Å². The summed E-state index contributed by atoms with van der Waals surface area (Å²) < 4.78 is 10.4. The molecule has 0 saturated carbocycles. The Kier molecular flexibility index (Phi) is 4.21. The van der Waals surface area contributed by atoms with Crippen molar-refractivity contribution in [3.05, 3.63) is 30.0 Å². The van der Waals surface area contributed by atoms with E-state index in [9.17, 15) is 0 Å². The van der Waals surface area contributed by atoms with Gasteiger partial charge in [-0.2, -0.15) is 4.98 Å². The van der Waals surface area contributed by atoms with Crippen molar-refractivity contribution in [2.45, 2.75) is 6.92 Å². The molecule has 1 aromatic carbocycles. The summed E-state index contributed by atoms with van der Waals surface area (Å²) in [5.41, 5.74) is 4.15. The van der Waals surface area contributed by atoms with Crippen molar-refractivity contribution >= 4 is 17.5 Å². The minimum atomic E-state index is 0.429. The molecule has 0 radical (unpaired) electrons. The van der Waals surface area contributed by atoms with Gasteiger partial charge in [0.1, 0.15) is 17.3 Å². The molecule has 7 heteroatoms. The molecular weight excluding hydrogens is 258 g/mol. The number of aromatic nitrogens is 2. The quantitative estimate of drug-likeness (QED) is 0.566. The minimum Gasteiger partial charge on any atom is -0.497 e. The van der Waals surface area contributed by atoms with Crippen LogP contribution in [0.5, 0.6) is 11.5 Å². The lowest BCUT2D eigenvalue weighted by Crippen LogP contribution is -2.11. The van der Waals surface area contributed by atoms with Crippen molar-refractivity contribution in [3.8, 4) is 11.5 Å². The first-order valence-corrected chi connectivity index (χ1v) is 5.96. The van der Waals surface area contributed by atoms with Crippen LogP contribution < -0.4 is 26.1 Å². The molecule has 2 aromatic rings. The lowest BCUT2D eigenvalue weighted by molar-refractivity contribution is 0.395. The summed E-state index contributed by atoms with van der Waals surface area (Å²) in [4.78, 5) is 8.45. The molecule has 20 heavy (non-hydrogen) atoms. The van der Waals surface area contributed by atoms with Gasteiger partial charge in [-0.1, -0.05) is 0 Å². The molecule has 0 bridgehead atoms. The Labute approximate surface area is 117 Å². The monoisotopic (exact) mass is 275 g/mol. The van der Waals surface area contributed by atoms with Crippen LogP contribution >= 0.6 is 0 Å². The van der Waals surface area contributed by atoms with Crippen LogP contribution in [-0.4, -0.2) is 24.2 Å². The van der Waals surface area contributed by atoms with E-state index in [0.717, 1.165) is 11.3 Å². The van der Waals surface area contributed by atoms with E-state index >= 15 is 0 Å². The first-order valence-electron chi connectivity index (χ1n) is 5.96. The van der Waals surface area contributed by atoms with E-state index in [0.29, 0.717) is 23.3 Å². The average Bonchev–Trinajstić information content (AvgIpc) is 2.48. The van der Waals surface area contributed by atoms with E-state index in [2.05, 4.69) is 20.7 Å². The smallest absolute Gasteiger partial charge is 0.229 e. The largest absolute Gasteiger partial charge is 0.497 e. The van der Waals surface area contributed by atoms with Gasteiger partial charge in [0.05, 0.1) is 14.2 Å². The Hall–Kier alpha value is -2.54. The number of nitrogens with one attached hydrogen (secondary N) is 2. The molecule has 4 N–H and O–H groups in total. The van der Waals surface area contributed by atoms with Gasteiger partial charge in [0, 0.05) is 35.6 Å². The number of ether oxygens (including phenoxy) is 2. The number of hydrazine groups is 1. The predicted octanol–water partition coefficient (Wildman–Crippen LogP) is 1.83. The van der Waals surface area contributed by atoms with Crippen molar-refractivity contribution in [3.63, 3.8) is 0 Å². The first kappa shape index (κ1) is 13.9. The van der Waals surface area contributed by atoms with E-state index in [1.54, 1.807) is 26.5 Å². The van der Waals surface area contributed by atoms with Crippen LogP contribution in [0.25, 0.3) is 0 Å². The number of hydrogen-bond donors (Lipinski definition) is 3. The molecule has 2 rings (SSSR count). The van der Waals surface area contributed by atoms with E-state index in [-0.39, 0.29) is 0 Å². The van der Waals surface area contributed by atoms with Gasteiger partial charge >= 0.3 is 0 Å².